The van der Waals surface area contributed by atoms with Crippen LogP contribution in [0.2, 0.25) is 0 Å². The van der Waals surface area contributed by atoms with Gasteiger partial charge in [-0.05, 0) is 58.6 Å². The molecule has 6 rings (SSSR count). The largest absolute Gasteiger partial charge is 0.496 e. The maximum Gasteiger partial charge on any atom is 0.145 e. The van der Waals surface area contributed by atoms with Crippen molar-refractivity contribution in [3.63, 3.8) is 0 Å². The minimum absolute atomic E-state index is 0.179. The van der Waals surface area contributed by atoms with Crippen LogP contribution in [-0.4, -0.2) is 48.7 Å². The number of benzene rings is 1. The second-order valence-electron chi connectivity index (χ2n) is 9.77. The second-order valence-corrected chi connectivity index (χ2v) is 9.77. The Morgan fingerprint density at radius 1 is 1.16 bits per heavy atom. The molecule has 1 fully saturated rings. The van der Waals surface area contributed by atoms with Gasteiger partial charge >= 0.3 is 0 Å². The summed E-state index contributed by atoms with van der Waals surface area (Å²) in [6.45, 7) is 6.63. The first kappa shape index (κ1) is 23.5. The fourth-order valence-corrected chi connectivity index (χ4v) is 5.04. The summed E-state index contributed by atoms with van der Waals surface area (Å²) in [6, 6.07) is 6.21. The van der Waals surface area contributed by atoms with E-state index in [1.807, 2.05) is 31.5 Å². The molecule has 0 saturated heterocycles. The summed E-state index contributed by atoms with van der Waals surface area (Å²) < 4.78 is 13.2. The second kappa shape index (κ2) is 9.19. The van der Waals surface area contributed by atoms with Crippen molar-refractivity contribution in [1.82, 2.24) is 29.9 Å². The Balaban J connectivity index is 1.48. The molecule has 0 amide bonds. The molecule has 0 radical (unpaired) electrons. The van der Waals surface area contributed by atoms with Crippen molar-refractivity contribution < 1.29 is 14.4 Å². The van der Waals surface area contributed by atoms with Gasteiger partial charge in [0, 0.05) is 41.6 Å². The number of H-pyrrole nitrogens is 1. The summed E-state index contributed by atoms with van der Waals surface area (Å²) in [6.07, 6.45) is 3.95. The van der Waals surface area contributed by atoms with Gasteiger partial charge in [-0.3, -0.25) is 0 Å². The lowest BCUT2D eigenvalue weighted by Gasteiger charge is -2.11. The van der Waals surface area contributed by atoms with Gasteiger partial charge in [0.15, 0.2) is 0 Å². The average molecular weight is 502 g/mol. The lowest BCUT2D eigenvalue weighted by Crippen LogP contribution is -2.07. The Hall–Kier alpha value is -3.92. The van der Waals surface area contributed by atoms with Crippen LogP contribution < -0.4 is 10.1 Å². The van der Waals surface area contributed by atoms with Crippen LogP contribution in [0, 0.1) is 20.8 Å². The molecule has 0 aliphatic heterocycles. The summed E-state index contributed by atoms with van der Waals surface area (Å²) in [7, 11) is 1.67. The third-order valence-corrected chi connectivity index (χ3v) is 7.00. The van der Waals surface area contributed by atoms with Crippen LogP contribution in [0.25, 0.3) is 33.1 Å². The normalized spacial score (nSPS) is 13.6. The molecule has 1 aliphatic carbocycles. The molecule has 1 aliphatic rings. The predicted molar refractivity (Wildman–Crippen MR) is 141 cm³/mol. The fraction of sp³-hybridized carbons (Fsp3) is 0.407. The lowest BCUT2D eigenvalue weighted by molar-refractivity contribution is 0.280. The van der Waals surface area contributed by atoms with Gasteiger partial charge in [-0.15, -0.1) is 0 Å². The van der Waals surface area contributed by atoms with Crippen molar-refractivity contribution in [3.8, 4) is 16.9 Å². The van der Waals surface area contributed by atoms with Gasteiger partial charge < -0.3 is 24.7 Å². The minimum Gasteiger partial charge on any atom is -0.496 e. The Bertz CT molecular complexity index is 1590. The standard InChI is InChI=1S/C27H31N7O3/c1-14-24(15(2)37-33-14)19-11-21-18(12-22(19)36-4)25-26(30-21)28-16(3)29-27(25)31-23-13-20(17-7-8-17)32-34(23)9-5-6-10-35/h11-13,17,35H,5-10H2,1-4H3,(H2,28,29,30,31). The molecular weight excluding hydrogens is 470 g/mol. The number of aryl methyl sites for hydroxylation is 4. The van der Waals surface area contributed by atoms with Crippen molar-refractivity contribution in [1.29, 1.82) is 0 Å². The summed E-state index contributed by atoms with van der Waals surface area (Å²) in [5.41, 5.74) is 5.43. The van der Waals surface area contributed by atoms with Gasteiger partial charge in [-0.1, -0.05) is 5.16 Å². The highest BCUT2D eigenvalue weighted by molar-refractivity contribution is 6.13. The van der Waals surface area contributed by atoms with Gasteiger partial charge in [0.2, 0.25) is 0 Å². The number of hydrogen-bond donors (Lipinski definition) is 3. The number of aromatic amines is 1. The van der Waals surface area contributed by atoms with E-state index >= 15 is 0 Å². The number of nitrogens with zero attached hydrogens (tertiary/aromatic N) is 5. The molecule has 3 N–H and O–H groups in total. The number of ether oxygens (including phenoxy) is 1. The van der Waals surface area contributed by atoms with Crippen LogP contribution in [0.4, 0.5) is 11.6 Å². The number of anilines is 2. The first-order valence-electron chi connectivity index (χ1n) is 12.7. The van der Waals surface area contributed by atoms with E-state index in [1.54, 1.807) is 7.11 Å². The highest BCUT2D eigenvalue weighted by Crippen LogP contribution is 2.42. The number of aliphatic hydroxyl groups is 1. The number of unbranched alkanes of at least 4 members (excludes halogenated alkanes) is 1. The van der Waals surface area contributed by atoms with Crippen molar-refractivity contribution in [2.45, 2.75) is 58.9 Å². The summed E-state index contributed by atoms with van der Waals surface area (Å²) in [5, 5.41) is 23.6. The molecule has 1 saturated carbocycles. The molecule has 5 aromatic rings. The molecule has 0 atom stereocenters. The number of hydrogen-bond acceptors (Lipinski definition) is 8. The Labute approximate surface area is 214 Å². The molecule has 37 heavy (non-hydrogen) atoms. The molecule has 10 heteroatoms. The van der Waals surface area contributed by atoms with E-state index in [0.717, 1.165) is 81.2 Å². The molecule has 0 spiro atoms. The van der Waals surface area contributed by atoms with E-state index in [9.17, 15) is 5.11 Å². The molecule has 192 valence electrons. The third-order valence-electron chi connectivity index (χ3n) is 7.00. The molecule has 1 aromatic carbocycles. The van der Waals surface area contributed by atoms with E-state index < -0.39 is 0 Å². The van der Waals surface area contributed by atoms with Crippen molar-refractivity contribution >= 4 is 33.6 Å². The monoisotopic (exact) mass is 501 g/mol. The zero-order chi connectivity index (χ0) is 25.7. The number of aliphatic hydroxyl groups excluding tert-OH is 1. The van der Waals surface area contributed by atoms with Crippen molar-refractivity contribution in [3.05, 3.63) is 41.2 Å². The van der Waals surface area contributed by atoms with Gasteiger partial charge in [0.1, 0.15) is 34.6 Å². The number of nitrogens with one attached hydrogen (secondary N) is 2. The van der Waals surface area contributed by atoms with Crippen LogP contribution >= 0.6 is 0 Å². The summed E-state index contributed by atoms with van der Waals surface area (Å²) in [5.74, 6) is 4.27. The highest BCUT2D eigenvalue weighted by atomic mass is 16.5. The maximum absolute atomic E-state index is 9.25. The van der Waals surface area contributed by atoms with E-state index in [-0.39, 0.29) is 6.61 Å². The Kier molecular flexibility index (Phi) is 5.83. The molecular formula is C27H31N7O3. The number of rotatable bonds is 9. The van der Waals surface area contributed by atoms with Crippen LogP contribution in [0.5, 0.6) is 5.75 Å². The van der Waals surface area contributed by atoms with Crippen molar-refractivity contribution in [2.24, 2.45) is 0 Å². The topological polar surface area (TPSA) is 127 Å². The van der Waals surface area contributed by atoms with Crippen LogP contribution in [0.15, 0.2) is 22.7 Å². The fourth-order valence-electron chi connectivity index (χ4n) is 5.04. The van der Waals surface area contributed by atoms with Gasteiger partial charge in [0.05, 0.1) is 29.4 Å². The number of methoxy groups -OCH3 is 1. The molecule has 0 bridgehead atoms. The highest BCUT2D eigenvalue weighted by Gasteiger charge is 2.28. The van der Waals surface area contributed by atoms with Gasteiger partial charge in [0.25, 0.3) is 0 Å². The van der Waals surface area contributed by atoms with Crippen LogP contribution in [0.3, 0.4) is 0 Å². The lowest BCUT2D eigenvalue weighted by atomic mass is 10.0. The summed E-state index contributed by atoms with van der Waals surface area (Å²) >= 11 is 0. The molecule has 10 nitrogen and oxygen atoms in total. The first-order chi connectivity index (χ1) is 18.0. The van der Waals surface area contributed by atoms with E-state index in [1.165, 1.54) is 12.8 Å². The predicted octanol–water partition coefficient (Wildman–Crippen LogP) is 5.29. The molecule has 4 aromatic heterocycles. The smallest absolute Gasteiger partial charge is 0.145 e. The SMILES string of the molecule is COc1cc2c(cc1-c1c(C)noc1C)[nH]c1nc(C)nc(Nc3cc(C4CC4)nn3CCCCO)c12. The number of fused-ring (bicyclic) bond motifs is 3. The van der Waals surface area contributed by atoms with E-state index in [0.29, 0.717) is 17.6 Å². The van der Waals surface area contributed by atoms with E-state index in [2.05, 4.69) is 27.6 Å². The van der Waals surface area contributed by atoms with Gasteiger partial charge in [-0.2, -0.15) is 5.10 Å². The first-order valence-corrected chi connectivity index (χ1v) is 12.7. The maximum atomic E-state index is 9.25. The number of aromatic nitrogens is 6. The average Bonchev–Trinajstić information content (AvgIpc) is 3.44. The van der Waals surface area contributed by atoms with Crippen LogP contribution in [-0.2, 0) is 6.54 Å². The minimum atomic E-state index is 0.179. The Morgan fingerprint density at radius 3 is 2.70 bits per heavy atom. The molecule has 4 heterocycles. The van der Waals surface area contributed by atoms with Crippen LogP contribution in [0.1, 0.15) is 54.6 Å². The zero-order valence-electron chi connectivity index (χ0n) is 21.6. The third kappa shape index (κ3) is 4.21. The van der Waals surface area contributed by atoms with Crippen molar-refractivity contribution in [2.75, 3.05) is 19.0 Å². The Morgan fingerprint density at radius 2 is 2.00 bits per heavy atom. The van der Waals surface area contributed by atoms with Gasteiger partial charge in [-0.25, -0.2) is 14.6 Å². The molecule has 0 unspecified atom stereocenters. The van der Waals surface area contributed by atoms with E-state index in [4.69, 9.17) is 24.3 Å². The zero-order valence-corrected chi connectivity index (χ0v) is 21.6. The quantitative estimate of drug-likeness (QED) is 0.233. The summed E-state index contributed by atoms with van der Waals surface area (Å²) in [4.78, 5) is 13.0.